The third-order valence-corrected chi connectivity index (χ3v) is 18.6. The first-order chi connectivity index (χ1) is 46.2. The Labute approximate surface area is 578 Å². The Kier molecular flexibility index (Phi) is 65.9. The number of aliphatic hydroxyl groups excluding tert-OH is 5. The molecule has 0 spiro atoms. The van der Waals surface area contributed by atoms with Crippen LogP contribution in [0.1, 0.15) is 367 Å². The van der Waals surface area contributed by atoms with Crippen molar-refractivity contribution < 1.29 is 49.3 Å². The number of carbonyl (C=O) groups is 2. The summed E-state index contributed by atoms with van der Waals surface area (Å²) in [5, 5.41) is 57.4. The minimum Gasteiger partial charge on any atom is -0.454 e. The SMILES string of the molecule is CC/C=C\C/C=C\C/C=C\C/C=C\C/C=C\C/C=C\CCCCCCCCCC(O)C(=O)NC(COC1OC(CO)C(O)C(O)C1OC(=O)CCCCCCCCCCCCCCCCCCCCCCCCCCCCC)C(O)/C=C/CCCCCCCCCCCC. The van der Waals surface area contributed by atoms with E-state index in [0.717, 1.165) is 116 Å². The molecule has 0 aromatic rings. The standard InChI is InChI=1S/C83H149NO10/c1-4-7-10-13-16-19-22-25-27-29-31-33-35-37-39-41-43-45-47-49-51-53-56-59-62-65-68-71-78(88)94-81-80(90)79(89)77(72-85)93-83(81)92-73-74(75(86)69-66-63-60-57-54-24-21-18-15-12-9-6-3)84-82(91)76(87)70-67-64-61-58-55-52-50-48-46-44-42-40-38-36-34-32-30-28-26-23-20-17-14-11-8-5-2/h8,11,17,20,26,28,32,34,38,40,44,46,66,69,74-77,79-81,83,85-87,89-90H,4-7,9-10,12-16,18-19,21-25,27,29-31,33,35-37,39,41-43,45,47-65,67-68,70-73H2,1-3H3,(H,84,91)/b11-8-,20-17-,28-26-,34-32-,40-38-,46-44-,69-66+. The smallest absolute Gasteiger partial charge is 0.306 e. The molecule has 546 valence electrons. The zero-order valence-corrected chi connectivity index (χ0v) is 61.1. The zero-order valence-electron chi connectivity index (χ0n) is 61.1. The van der Waals surface area contributed by atoms with Crippen molar-refractivity contribution in [3.8, 4) is 0 Å². The second-order valence-corrected chi connectivity index (χ2v) is 27.4. The number of amides is 1. The molecule has 0 aromatic carbocycles. The number of unbranched alkanes of at least 4 members (excludes halogenated alkanes) is 43. The number of hydrogen-bond donors (Lipinski definition) is 6. The van der Waals surface area contributed by atoms with Crippen LogP contribution in [0.4, 0.5) is 0 Å². The molecule has 1 aliphatic rings. The van der Waals surface area contributed by atoms with Crippen LogP contribution in [0.15, 0.2) is 85.1 Å². The van der Waals surface area contributed by atoms with Gasteiger partial charge in [-0.15, -0.1) is 0 Å². The van der Waals surface area contributed by atoms with Gasteiger partial charge in [0.05, 0.1) is 25.4 Å². The number of hydrogen-bond acceptors (Lipinski definition) is 10. The summed E-state index contributed by atoms with van der Waals surface area (Å²) in [6.45, 7) is 5.73. The zero-order chi connectivity index (χ0) is 68.1. The first-order valence-corrected chi connectivity index (χ1v) is 39.9. The lowest BCUT2D eigenvalue weighted by Gasteiger charge is -2.41. The highest BCUT2D eigenvalue weighted by atomic mass is 16.7. The second-order valence-electron chi connectivity index (χ2n) is 27.4. The molecule has 1 fully saturated rings. The Morgan fingerprint density at radius 2 is 0.766 bits per heavy atom. The number of nitrogens with one attached hydrogen (secondary N) is 1. The molecule has 0 aromatic heterocycles. The summed E-state index contributed by atoms with van der Waals surface area (Å²) in [7, 11) is 0. The van der Waals surface area contributed by atoms with E-state index in [2.05, 4.69) is 99.0 Å². The van der Waals surface area contributed by atoms with Crippen molar-refractivity contribution in [2.45, 2.75) is 416 Å². The van der Waals surface area contributed by atoms with E-state index in [1.165, 1.54) is 205 Å². The van der Waals surface area contributed by atoms with Crippen LogP contribution in [0.25, 0.3) is 0 Å². The summed E-state index contributed by atoms with van der Waals surface area (Å²) in [6, 6.07) is -1.03. The van der Waals surface area contributed by atoms with Crippen LogP contribution in [0.3, 0.4) is 0 Å². The lowest BCUT2D eigenvalue weighted by molar-refractivity contribution is -0.305. The molecular formula is C83H149NO10. The fourth-order valence-electron chi connectivity index (χ4n) is 12.4. The van der Waals surface area contributed by atoms with Crippen LogP contribution in [0, 0.1) is 0 Å². The summed E-state index contributed by atoms with van der Waals surface area (Å²) in [4.78, 5) is 26.8. The van der Waals surface area contributed by atoms with E-state index in [-0.39, 0.29) is 19.4 Å². The van der Waals surface area contributed by atoms with Crippen molar-refractivity contribution >= 4 is 11.9 Å². The fourth-order valence-corrected chi connectivity index (χ4v) is 12.4. The Bertz CT molecular complexity index is 1860. The van der Waals surface area contributed by atoms with Crippen molar-refractivity contribution in [3.63, 3.8) is 0 Å². The summed E-state index contributed by atoms with van der Waals surface area (Å²) >= 11 is 0. The maximum absolute atomic E-state index is 13.5. The Morgan fingerprint density at radius 1 is 0.426 bits per heavy atom. The van der Waals surface area contributed by atoms with Gasteiger partial charge in [-0.3, -0.25) is 9.59 Å². The predicted molar refractivity (Wildman–Crippen MR) is 398 cm³/mol. The molecule has 11 heteroatoms. The van der Waals surface area contributed by atoms with Crippen LogP contribution >= 0.6 is 0 Å². The van der Waals surface area contributed by atoms with Gasteiger partial charge in [0.15, 0.2) is 12.4 Å². The molecule has 8 unspecified atom stereocenters. The monoisotopic (exact) mass is 1320 g/mol. The van der Waals surface area contributed by atoms with Gasteiger partial charge in [0.1, 0.15) is 24.4 Å². The fraction of sp³-hybridized carbons (Fsp3) is 0.807. The molecular weight excluding hydrogens is 1170 g/mol. The van der Waals surface area contributed by atoms with Gasteiger partial charge in [-0.05, 0) is 77.0 Å². The van der Waals surface area contributed by atoms with Gasteiger partial charge in [-0.1, -0.05) is 369 Å². The molecule has 94 heavy (non-hydrogen) atoms. The molecule has 1 aliphatic heterocycles. The summed E-state index contributed by atoms with van der Waals surface area (Å²) in [6.07, 6.45) is 83.5. The largest absolute Gasteiger partial charge is 0.454 e. The van der Waals surface area contributed by atoms with Crippen molar-refractivity contribution in [3.05, 3.63) is 85.1 Å². The number of ether oxygens (including phenoxy) is 3. The molecule has 1 amide bonds. The molecule has 0 bridgehead atoms. The quantitative estimate of drug-likeness (QED) is 0.0195. The van der Waals surface area contributed by atoms with Crippen LogP contribution in [0.2, 0.25) is 0 Å². The first kappa shape index (κ1) is 88.9. The molecule has 6 N–H and O–H groups in total. The molecule has 1 saturated heterocycles. The number of aliphatic hydroxyl groups is 5. The van der Waals surface area contributed by atoms with E-state index in [4.69, 9.17) is 14.2 Å². The highest BCUT2D eigenvalue weighted by molar-refractivity contribution is 5.80. The van der Waals surface area contributed by atoms with E-state index in [1.807, 2.05) is 6.08 Å². The van der Waals surface area contributed by atoms with Gasteiger partial charge in [-0.2, -0.15) is 0 Å². The van der Waals surface area contributed by atoms with Gasteiger partial charge < -0.3 is 45.1 Å². The first-order valence-electron chi connectivity index (χ1n) is 39.9. The van der Waals surface area contributed by atoms with Crippen LogP contribution in [0.5, 0.6) is 0 Å². The third-order valence-electron chi connectivity index (χ3n) is 18.6. The van der Waals surface area contributed by atoms with Crippen molar-refractivity contribution in [1.82, 2.24) is 5.32 Å². The van der Waals surface area contributed by atoms with Gasteiger partial charge in [0.2, 0.25) is 5.91 Å². The molecule has 0 radical (unpaired) electrons. The van der Waals surface area contributed by atoms with E-state index in [1.54, 1.807) is 6.08 Å². The summed E-state index contributed by atoms with van der Waals surface area (Å²) in [5.41, 5.74) is 0. The van der Waals surface area contributed by atoms with E-state index < -0.39 is 67.4 Å². The van der Waals surface area contributed by atoms with Crippen LogP contribution < -0.4 is 5.32 Å². The molecule has 1 heterocycles. The predicted octanol–water partition coefficient (Wildman–Crippen LogP) is 21.6. The average molecular weight is 1320 g/mol. The van der Waals surface area contributed by atoms with E-state index in [0.29, 0.717) is 12.8 Å². The highest BCUT2D eigenvalue weighted by Crippen LogP contribution is 2.27. The molecule has 11 nitrogen and oxygen atoms in total. The van der Waals surface area contributed by atoms with Gasteiger partial charge in [0.25, 0.3) is 0 Å². The third kappa shape index (κ3) is 55.8. The average Bonchev–Trinajstić information content (AvgIpc) is 0.828. The second kappa shape index (κ2) is 69.7. The van der Waals surface area contributed by atoms with Gasteiger partial charge in [0, 0.05) is 6.42 Å². The minimum atomic E-state index is -1.62. The lowest BCUT2D eigenvalue weighted by Crippen LogP contribution is -2.61. The van der Waals surface area contributed by atoms with Gasteiger partial charge in [-0.25, -0.2) is 0 Å². The maximum Gasteiger partial charge on any atom is 0.306 e. The number of rotatable bonds is 69. The van der Waals surface area contributed by atoms with Crippen molar-refractivity contribution in [1.29, 1.82) is 0 Å². The Balaban J connectivity index is 2.50. The molecule has 0 aliphatic carbocycles. The Hall–Kier alpha value is -3.16. The molecule has 1 rings (SSSR count). The highest BCUT2D eigenvalue weighted by Gasteiger charge is 2.47. The van der Waals surface area contributed by atoms with Crippen LogP contribution in [-0.4, -0.2) is 99.6 Å². The summed E-state index contributed by atoms with van der Waals surface area (Å²) in [5.74, 6) is -1.19. The van der Waals surface area contributed by atoms with Gasteiger partial charge >= 0.3 is 5.97 Å². The lowest BCUT2D eigenvalue weighted by atomic mass is 9.99. The van der Waals surface area contributed by atoms with E-state index >= 15 is 0 Å². The minimum absolute atomic E-state index is 0.125. The number of allylic oxidation sites excluding steroid dienone is 13. The molecule has 8 atom stereocenters. The van der Waals surface area contributed by atoms with Crippen LogP contribution in [-0.2, 0) is 23.8 Å². The number of esters is 1. The van der Waals surface area contributed by atoms with Crippen molar-refractivity contribution in [2.75, 3.05) is 13.2 Å². The summed E-state index contributed by atoms with van der Waals surface area (Å²) < 4.78 is 17.8. The topological polar surface area (TPSA) is 175 Å². The number of carbonyl (C=O) groups excluding carboxylic acids is 2. The van der Waals surface area contributed by atoms with Crippen molar-refractivity contribution in [2.24, 2.45) is 0 Å². The van der Waals surface area contributed by atoms with E-state index in [9.17, 15) is 35.1 Å². The normalized spacial score (nSPS) is 18.2. The Morgan fingerprint density at radius 3 is 1.15 bits per heavy atom. The molecule has 0 saturated carbocycles. The maximum atomic E-state index is 13.5.